The molecule has 0 saturated carbocycles. The zero-order valence-electron chi connectivity index (χ0n) is 10.2. The molecular formula is C12H17N3OS. The van der Waals surface area contributed by atoms with Gasteiger partial charge in [-0.1, -0.05) is 0 Å². The fourth-order valence-corrected chi connectivity index (χ4v) is 2.30. The van der Waals surface area contributed by atoms with E-state index in [1.54, 1.807) is 11.8 Å². The number of aromatic nitrogens is 1. The number of hydrogen-bond donors (Lipinski definition) is 1. The van der Waals surface area contributed by atoms with E-state index in [2.05, 4.69) is 16.2 Å². The molecule has 5 heteroatoms. The maximum absolute atomic E-state index is 11.3. The van der Waals surface area contributed by atoms with Crippen molar-refractivity contribution in [3.05, 3.63) is 11.1 Å². The Hall–Kier alpha value is -1.38. The minimum atomic E-state index is 0.0219. The average molecular weight is 251 g/mol. The number of nitrogens with one attached hydrogen (secondary N) is 1. The summed E-state index contributed by atoms with van der Waals surface area (Å²) in [7, 11) is 0. The molecule has 1 N–H and O–H groups in total. The van der Waals surface area contributed by atoms with E-state index >= 15 is 0 Å². The molecule has 1 aromatic heterocycles. The van der Waals surface area contributed by atoms with Gasteiger partial charge in [-0.05, 0) is 6.92 Å². The van der Waals surface area contributed by atoms with Gasteiger partial charge in [0.25, 0.3) is 0 Å². The summed E-state index contributed by atoms with van der Waals surface area (Å²) >= 11 is 1.49. The predicted molar refractivity (Wildman–Crippen MR) is 71.0 cm³/mol. The van der Waals surface area contributed by atoms with E-state index < -0.39 is 0 Å². The molecule has 0 atom stereocenters. The number of hydrogen-bond acceptors (Lipinski definition) is 4. The summed E-state index contributed by atoms with van der Waals surface area (Å²) in [4.78, 5) is 17.4. The van der Waals surface area contributed by atoms with Gasteiger partial charge in [-0.15, -0.1) is 23.7 Å². The van der Waals surface area contributed by atoms with Gasteiger partial charge in [-0.2, -0.15) is 0 Å². The van der Waals surface area contributed by atoms with Gasteiger partial charge in [-0.3, -0.25) is 9.69 Å². The van der Waals surface area contributed by atoms with Gasteiger partial charge in [0.1, 0.15) is 0 Å². The fourth-order valence-electron chi connectivity index (χ4n) is 1.37. The Morgan fingerprint density at radius 1 is 1.71 bits per heavy atom. The molecule has 0 fully saturated rings. The molecule has 0 bridgehead atoms. The molecule has 1 aromatic rings. The van der Waals surface area contributed by atoms with Crippen LogP contribution in [0.4, 0.5) is 5.13 Å². The Morgan fingerprint density at radius 2 is 2.47 bits per heavy atom. The molecule has 0 unspecified atom stereocenters. The first kappa shape index (κ1) is 13.7. The van der Waals surface area contributed by atoms with Crippen LogP contribution >= 0.6 is 11.3 Å². The van der Waals surface area contributed by atoms with Gasteiger partial charge in [0, 0.05) is 38.4 Å². The summed E-state index contributed by atoms with van der Waals surface area (Å²) in [5.74, 6) is 2.59. The van der Waals surface area contributed by atoms with Crippen LogP contribution in [0.5, 0.6) is 0 Å². The lowest BCUT2D eigenvalue weighted by atomic mass is 10.4. The Bertz CT molecular complexity index is 408. The maximum Gasteiger partial charge on any atom is 0.225 e. The molecule has 0 aliphatic carbocycles. The van der Waals surface area contributed by atoms with Crippen molar-refractivity contribution in [2.45, 2.75) is 26.8 Å². The van der Waals surface area contributed by atoms with Gasteiger partial charge >= 0.3 is 0 Å². The molecule has 0 aromatic carbocycles. The molecule has 4 nitrogen and oxygen atoms in total. The van der Waals surface area contributed by atoms with Crippen molar-refractivity contribution in [3.8, 4) is 12.3 Å². The van der Waals surface area contributed by atoms with Crippen LogP contribution in [0, 0.1) is 12.3 Å². The van der Waals surface area contributed by atoms with Crippen molar-refractivity contribution in [2.24, 2.45) is 0 Å². The van der Waals surface area contributed by atoms with Crippen LogP contribution < -0.4 is 10.2 Å². The van der Waals surface area contributed by atoms with Crippen LogP contribution in [0.25, 0.3) is 0 Å². The number of carbonyl (C=O) groups is 1. The second-order valence-electron chi connectivity index (χ2n) is 3.52. The van der Waals surface area contributed by atoms with Gasteiger partial charge < -0.3 is 5.32 Å². The fraction of sp³-hybridized carbons (Fsp3) is 0.500. The van der Waals surface area contributed by atoms with Crippen molar-refractivity contribution in [2.75, 3.05) is 18.0 Å². The molecule has 0 saturated heterocycles. The monoisotopic (exact) mass is 251 g/mol. The van der Waals surface area contributed by atoms with E-state index in [0.717, 1.165) is 17.4 Å². The molecule has 0 spiro atoms. The first-order valence-corrected chi connectivity index (χ1v) is 6.43. The van der Waals surface area contributed by atoms with E-state index in [-0.39, 0.29) is 5.91 Å². The molecular weight excluding hydrogens is 234 g/mol. The van der Waals surface area contributed by atoms with Crippen LogP contribution in [-0.2, 0) is 11.3 Å². The van der Waals surface area contributed by atoms with E-state index in [9.17, 15) is 4.79 Å². The molecule has 0 aliphatic heterocycles. The quantitative estimate of drug-likeness (QED) is 0.617. The summed E-state index contributed by atoms with van der Waals surface area (Å²) in [6.07, 6.45) is 5.87. The third-order valence-corrected chi connectivity index (χ3v) is 3.13. The minimum absolute atomic E-state index is 0.0219. The Kier molecular flexibility index (Phi) is 5.67. The molecule has 92 valence electrons. The molecule has 1 amide bonds. The molecule has 1 rings (SSSR count). The third-order valence-electron chi connectivity index (χ3n) is 2.22. The first-order valence-electron chi connectivity index (χ1n) is 5.55. The second kappa shape index (κ2) is 7.05. The standard InChI is InChI=1S/C12H17N3OS/c1-4-6-7-13-8-11-9-17-12(14-11)15(5-2)10(3)16/h1,9,13H,5-8H2,2-3H3. The zero-order chi connectivity index (χ0) is 12.7. The number of terminal acetylenes is 1. The minimum Gasteiger partial charge on any atom is -0.310 e. The number of rotatable bonds is 6. The van der Waals surface area contributed by atoms with Crippen molar-refractivity contribution < 1.29 is 4.79 Å². The van der Waals surface area contributed by atoms with Crippen LogP contribution in [0.1, 0.15) is 26.0 Å². The highest BCUT2D eigenvalue weighted by atomic mass is 32.1. The highest BCUT2D eigenvalue weighted by Gasteiger charge is 2.12. The maximum atomic E-state index is 11.3. The molecule has 0 aliphatic rings. The molecule has 0 radical (unpaired) electrons. The van der Waals surface area contributed by atoms with E-state index in [1.807, 2.05) is 12.3 Å². The number of amides is 1. The van der Waals surface area contributed by atoms with Crippen molar-refractivity contribution in [3.63, 3.8) is 0 Å². The summed E-state index contributed by atoms with van der Waals surface area (Å²) < 4.78 is 0. The summed E-state index contributed by atoms with van der Waals surface area (Å²) in [6.45, 7) is 5.61. The number of nitrogens with zero attached hydrogens (tertiary/aromatic N) is 2. The van der Waals surface area contributed by atoms with Gasteiger partial charge in [0.05, 0.1) is 5.69 Å². The Morgan fingerprint density at radius 3 is 3.06 bits per heavy atom. The SMILES string of the molecule is C#CCCNCc1csc(N(CC)C(C)=O)n1. The van der Waals surface area contributed by atoms with E-state index in [1.165, 1.54) is 11.3 Å². The summed E-state index contributed by atoms with van der Waals surface area (Å²) in [5, 5.41) is 5.92. The Balaban J connectivity index is 2.53. The Labute approximate surface area is 106 Å². The lowest BCUT2D eigenvalue weighted by Gasteiger charge is -2.14. The smallest absolute Gasteiger partial charge is 0.225 e. The number of anilines is 1. The average Bonchev–Trinajstić information content (AvgIpc) is 2.74. The van der Waals surface area contributed by atoms with Crippen LogP contribution in [0.2, 0.25) is 0 Å². The topological polar surface area (TPSA) is 45.2 Å². The van der Waals surface area contributed by atoms with Crippen molar-refractivity contribution >= 4 is 22.4 Å². The van der Waals surface area contributed by atoms with E-state index in [4.69, 9.17) is 6.42 Å². The summed E-state index contributed by atoms with van der Waals surface area (Å²) in [5.41, 5.74) is 0.946. The van der Waals surface area contributed by atoms with Crippen LogP contribution in [0.3, 0.4) is 0 Å². The number of carbonyl (C=O) groups excluding carboxylic acids is 1. The largest absolute Gasteiger partial charge is 0.310 e. The predicted octanol–water partition coefficient (Wildman–Crippen LogP) is 1.63. The molecule has 1 heterocycles. The highest BCUT2D eigenvalue weighted by molar-refractivity contribution is 7.14. The van der Waals surface area contributed by atoms with Gasteiger partial charge in [0.15, 0.2) is 5.13 Å². The van der Waals surface area contributed by atoms with Gasteiger partial charge in [0.2, 0.25) is 5.91 Å². The normalized spacial score (nSPS) is 9.94. The highest BCUT2D eigenvalue weighted by Crippen LogP contribution is 2.20. The van der Waals surface area contributed by atoms with Crippen LogP contribution in [-0.4, -0.2) is 24.0 Å². The first-order chi connectivity index (χ1) is 8.19. The van der Waals surface area contributed by atoms with Crippen LogP contribution in [0.15, 0.2) is 5.38 Å². The van der Waals surface area contributed by atoms with Crippen molar-refractivity contribution in [1.82, 2.24) is 10.3 Å². The second-order valence-corrected chi connectivity index (χ2v) is 4.35. The van der Waals surface area contributed by atoms with Gasteiger partial charge in [-0.25, -0.2) is 4.98 Å². The summed E-state index contributed by atoms with van der Waals surface area (Å²) in [6, 6.07) is 0. The zero-order valence-corrected chi connectivity index (χ0v) is 11.0. The van der Waals surface area contributed by atoms with Crippen molar-refractivity contribution in [1.29, 1.82) is 0 Å². The lowest BCUT2D eigenvalue weighted by molar-refractivity contribution is -0.116. The lowest BCUT2D eigenvalue weighted by Crippen LogP contribution is -2.27. The van der Waals surface area contributed by atoms with E-state index in [0.29, 0.717) is 19.5 Å². The number of thiazole rings is 1. The molecule has 17 heavy (non-hydrogen) atoms. The third kappa shape index (κ3) is 4.17.